The minimum absolute atomic E-state index is 0.113. The van der Waals surface area contributed by atoms with Gasteiger partial charge in [0.25, 0.3) is 0 Å². The van der Waals surface area contributed by atoms with Crippen molar-refractivity contribution in [3.63, 3.8) is 0 Å². The van der Waals surface area contributed by atoms with E-state index in [0.29, 0.717) is 0 Å². The zero-order valence-electron chi connectivity index (χ0n) is 7.87. The summed E-state index contributed by atoms with van der Waals surface area (Å²) in [6.07, 6.45) is 0.607. The van der Waals surface area contributed by atoms with E-state index in [4.69, 9.17) is 0 Å². The highest BCUT2D eigenvalue weighted by Crippen LogP contribution is 2.31. The Labute approximate surface area is 78.1 Å². The molecule has 1 aromatic heterocycles. The third-order valence-electron chi connectivity index (χ3n) is 1.99. The molecule has 1 nitrogen and oxygen atoms in total. The van der Waals surface area contributed by atoms with E-state index >= 15 is 0 Å². The number of hydrogen-bond acceptors (Lipinski definition) is 2. The molecule has 0 aliphatic carbocycles. The molecule has 0 saturated heterocycles. The predicted molar refractivity (Wildman–Crippen MR) is 53.6 cm³/mol. The van der Waals surface area contributed by atoms with E-state index in [-0.39, 0.29) is 11.5 Å². The monoisotopic (exact) mass is 184 g/mol. The number of rotatable bonds is 3. The van der Waals surface area contributed by atoms with Gasteiger partial charge in [-0.3, -0.25) is 0 Å². The molecule has 2 heteroatoms. The lowest BCUT2D eigenvalue weighted by atomic mass is 9.85. The largest absolute Gasteiger partial charge is 0.393 e. The Balaban J connectivity index is 2.72. The third-order valence-corrected chi connectivity index (χ3v) is 3.23. The summed E-state index contributed by atoms with van der Waals surface area (Å²) in [5, 5.41) is 11.4. The van der Waals surface area contributed by atoms with Crippen LogP contribution >= 0.6 is 11.3 Å². The van der Waals surface area contributed by atoms with E-state index in [9.17, 15) is 5.11 Å². The van der Waals surface area contributed by atoms with Gasteiger partial charge in [0, 0.05) is 10.3 Å². The fourth-order valence-electron chi connectivity index (χ4n) is 1.50. The van der Waals surface area contributed by atoms with Crippen LogP contribution in [0.5, 0.6) is 0 Å². The van der Waals surface area contributed by atoms with Gasteiger partial charge in [0.15, 0.2) is 0 Å². The summed E-state index contributed by atoms with van der Waals surface area (Å²) in [7, 11) is 0. The molecule has 1 N–H and O–H groups in total. The second-order valence-corrected chi connectivity index (χ2v) is 4.86. The zero-order valence-corrected chi connectivity index (χ0v) is 8.69. The quantitative estimate of drug-likeness (QED) is 0.766. The van der Waals surface area contributed by atoms with Crippen LogP contribution in [-0.4, -0.2) is 11.2 Å². The lowest BCUT2D eigenvalue weighted by Crippen LogP contribution is -2.21. The van der Waals surface area contributed by atoms with Crippen LogP contribution in [-0.2, 0) is 5.41 Å². The van der Waals surface area contributed by atoms with Crippen molar-refractivity contribution >= 4 is 11.3 Å². The van der Waals surface area contributed by atoms with E-state index in [1.165, 1.54) is 4.88 Å². The van der Waals surface area contributed by atoms with Gasteiger partial charge in [-0.05, 0) is 24.8 Å². The molecule has 0 aliphatic rings. The fraction of sp³-hybridized carbons (Fsp3) is 0.600. The summed E-state index contributed by atoms with van der Waals surface area (Å²) < 4.78 is 0. The first kappa shape index (κ1) is 9.75. The molecule has 0 amide bonds. The van der Waals surface area contributed by atoms with E-state index in [1.54, 1.807) is 11.3 Å². The maximum atomic E-state index is 9.29. The Morgan fingerprint density at radius 2 is 2.25 bits per heavy atom. The summed E-state index contributed by atoms with van der Waals surface area (Å²) in [6.45, 7) is 6.19. The SMILES string of the molecule is CC(O)CC(C)(C)c1cccs1. The van der Waals surface area contributed by atoms with Crippen molar-refractivity contribution in [1.82, 2.24) is 0 Å². The summed E-state index contributed by atoms with van der Waals surface area (Å²) in [5.74, 6) is 0. The summed E-state index contributed by atoms with van der Waals surface area (Å²) in [5.41, 5.74) is 0.113. The van der Waals surface area contributed by atoms with Gasteiger partial charge in [0.05, 0.1) is 6.10 Å². The number of aliphatic hydroxyl groups is 1. The molecule has 0 spiro atoms. The van der Waals surface area contributed by atoms with Crippen molar-refractivity contribution in [2.75, 3.05) is 0 Å². The van der Waals surface area contributed by atoms with Crippen molar-refractivity contribution in [2.24, 2.45) is 0 Å². The summed E-state index contributed by atoms with van der Waals surface area (Å²) >= 11 is 1.76. The minimum Gasteiger partial charge on any atom is -0.393 e. The van der Waals surface area contributed by atoms with E-state index < -0.39 is 0 Å². The average Bonchev–Trinajstić information content (AvgIpc) is 2.32. The fourth-order valence-corrected chi connectivity index (χ4v) is 2.37. The second kappa shape index (κ2) is 3.58. The first-order chi connectivity index (χ1) is 5.52. The smallest absolute Gasteiger partial charge is 0.0520 e. The molecule has 0 radical (unpaired) electrons. The molecule has 1 heterocycles. The first-order valence-corrected chi connectivity index (χ1v) is 5.12. The zero-order chi connectivity index (χ0) is 9.19. The summed E-state index contributed by atoms with van der Waals surface area (Å²) in [4.78, 5) is 1.35. The molecule has 68 valence electrons. The molecule has 0 bridgehead atoms. The first-order valence-electron chi connectivity index (χ1n) is 4.24. The van der Waals surface area contributed by atoms with Crippen LogP contribution in [0.4, 0.5) is 0 Å². The molecule has 0 aliphatic heterocycles. The normalized spacial score (nSPS) is 14.7. The highest BCUT2D eigenvalue weighted by atomic mass is 32.1. The van der Waals surface area contributed by atoms with Crippen LogP contribution in [0.25, 0.3) is 0 Å². The van der Waals surface area contributed by atoms with Crippen LogP contribution in [0, 0.1) is 0 Å². The van der Waals surface area contributed by atoms with Crippen molar-refractivity contribution in [3.8, 4) is 0 Å². The van der Waals surface area contributed by atoms with Crippen LogP contribution in [0.2, 0.25) is 0 Å². The van der Waals surface area contributed by atoms with Crippen molar-refractivity contribution < 1.29 is 5.11 Å². The number of aliphatic hydroxyl groups excluding tert-OH is 1. The van der Waals surface area contributed by atoms with Gasteiger partial charge in [-0.2, -0.15) is 0 Å². The molecule has 1 atom stereocenters. The molecule has 1 rings (SSSR count). The maximum Gasteiger partial charge on any atom is 0.0520 e. The minimum atomic E-state index is -0.220. The lowest BCUT2D eigenvalue weighted by Gasteiger charge is -2.24. The molecule has 12 heavy (non-hydrogen) atoms. The molecule has 1 aromatic rings. The van der Waals surface area contributed by atoms with Gasteiger partial charge in [-0.15, -0.1) is 11.3 Å². The second-order valence-electron chi connectivity index (χ2n) is 3.91. The van der Waals surface area contributed by atoms with Gasteiger partial charge < -0.3 is 5.11 Å². The van der Waals surface area contributed by atoms with Crippen molar-refractivity contribution in [1.29, 1.82) is 0 Å². The molecule has 0 saturated carbocycles. The van der Waals surface area contributed by atoms with Gasteiger partial charge >= 0.3 is 0 Å². The van der Waals surface area contributed by atoms with Gasteiger partial charge in [0.2, 0.25) is 0 Å². The van der Waals surface area contributed by atoms with Crippen LogP contribution in [0.1, 0.15) is 32.1 Å². The lowest BCUT2D eigenvalue weighted by molar-refractivity contribution is 0.158. The van der Waals surface area contributed by atoms with Crippen LogP contribution < -0.4 is 0 Å². The van der Waals surface area contributed by atoms with Crippen molar-refractivity contribution in [3.05, 3.63) is 22.4 Å². The number of thiophene rings is 1. The van der Waals surface area contributed by atoms with Gasteiger partial charge in [-0.25, -0.2) is 0 Å². The van der Waals surface area contributed by atoms with E-state index in [1.807, 2.05) is 6.92 Å². The Bertz CT molecular complexity index is 224. The van der Waals surface area contributed by atoms with Gasteiger partial charge in [0.1, 0.15) is 0 Å². The van der Waals surface area contributed by atoms with Gasteiger partial charge in [-0.1, -0.05) is 19.9 Å². The van der Waals surface area contributed by atoms with Crippen molar-refractivity contribution in [2.45, 2.75) is 38.7 Å². The predicted octanol–water partition coefficient (Wildman–Crippen LogP) is 2.80. The average molecular weight is 184 g/mol. The molecular formula is C10H16OS. The Morgan fingerprint density at radius 3 is 2.67 bits per heavy atom. The van der Waals surface area contributed by atoms with Crippen LogP contribution in [0.15, 0.2) is 17.5 Å². The maximum absolute atomic E-state index is 9.29. The topological polar surface area (TPSA) is 20.2 Å². The highest BCUT2D eigenvalue weighted by Gasteiger charge is 2.23. The molecule has 0 aromatic carbocycles. The Morgan fingerprint density at radius 1 is 1.58 bits per heavy atom. The van der Waals surface area contributed by atoms with E-state index in [2.05, 4.69) is 31.4 Å². The number of hydrogen-bond donors (Lipinski definition) is 1. The summed E-state index contributed by atoms with van der Waals surface area (Å²) in [6, 6.07) is 4.19. The third kappa shape index (κ3) is 2.32. The Kier molecular flexibility index (Phi) is 2.91. The van der Waals surface area contributed by atoms with Crippen LogP contribution in [0.3, 0.4) is 0 Å². The highest BCUT2D eigenvalue weighted by molar-refractivity contribution is 7.10. The molecular weight excluding hydrogens is 168 g/mol. The standard InChI is InChI=1S/C10H16OS/c1-8(11)7-10(2,3)9-5-4-6-12-9/h4-6,8,11H,7H2,1-3H3. The van der Waals surface area contributed by atoms with E-state index in [0.717, 1.165) is 6.42 Å². The molecule has 1 unspecified atom stereocenters. The molecule has 0 fully saturated rings. The Hall–Kier alpha value is -0.340.